The second kappa shape index (κ2) is 7.94. The van der Waals surface area contributed by atoms with Crippen molar-refractivity contribution in [2.24, 2.45) is 0 Å². The van der Waals surface area contributed by atoms with Gasteiger partial charge < -0.3 is 4.74 Å². The number of methoxy groups -OCH3 is 1. The van der Waals surface area contributed by atoms with E-state index in [4.69, 9.17) is 4.74 Å². The Kier molecular flexibility index (Phi) is 5.43. The number of nitrogens with zero attached hydrogens (tertiary/aromatic N) is 1. The maximum atomic E-state index is 12.8. The molecule has 140 valence electrons. The Morgan fingerprint density at radius 3 is 2.32 bits per heavy atom. The van der Waals surface area contributed by atoms with Crippen LogP contribution in [0.4, 0.5) is 5.69 Å². The van der Waals surface area contributed by atoms with Crippen molar-refractivity contribution in [2.75, 3.05) is 11.8 Å². The standard InChI is InChI=1S/C21H16N2O4S/c1-27-19-12-11-16(21(24)15-7-3-2-4-8-15)13-18(19)23-28(25,26)20-10-6-5-9-17(20)14-22/h2-13,23H,1H3. The molecule has 3 rings (SSSR count). The van der Waals surface area contributed by atoms with Crippen molar-refractivity contribution < 1.29 is 17.9 Å². The Balaban J connectivity index is 2.02. The van der Waals surface area contributed by atoms with Crippen LogP contribution in [-0.2, 0) is 10.0 Å². The highest BCUT2D eigenvalue weighted by atomic mass is 32.2. The van der Waals surface area contributed by atoms with E-state index in [0.717, 1.165) is 0 Å². The molecule has 6 nitrogen and oxygen atoms in total. The van der Waals surface area contributed by atoms with Crippen molar-refractivity contribution in [3.63, 3.8) is 0 Å². The molecule has 0 aromatic heterocycles. The van der Waals surface area contributed by atoms with E-state index in [1.54, 1.807) is 42.5 Å². The second-order valence-corrected chi connectivity index (χ2v) is 7.47. The van der Waals surface area contributed by atoms with E-state index in [1.165, 1.54) is 37.4 Å². The molecule has 0 fully saturated rings. The van der Waals surface area contributed by atoms with Gasteiger partial charge in [-0.3, -0.25) is 9.52 Å². The molecule has 0 unspecified atom stereocenters. The van der Waals surface area contributed by atoms with Crippen molar-refractivity contribution in [2.45, 2.75) is 4.90 Å². The van der Waals surface area contributed by atoms with Crippen LogP contribution in [0.5, 0.6) is 5.75 Å². The lowest BCUT2D eigenvalue weighted by Crippen LogP contribution is -2.15. The maximum Gasteiger partial charge on any atom is 0.263 e. The predicted octanol–water partition coefficient (Wildman–Crippen LogP) is 3.60. The van der Waals surface area contributed by atoms with Gasteiger partial charge in [0.1, 0.15) is 16.7 Å². The summed E-state index contributed by atoms with van der Waals surface area (Å²) in [5.41, 5.74) is 0.914. The Labute approximate surface area is 163 Å². The highest BCUT2D eigenvalue weighted by Gasteiger charge is 2.21. The van der Waals surface area contributed by atoms with Gasteiger partial charge in [0.25, 0.3) is 10.0 Å². The van der Waals surface area contributed by atoms with Gasteiger partial charge in [0, 0.05) is 11.1 Å². The molecule has 0 aliphatic carbocycles. The molecular weight excluding hydrogens is 376 g/mol. The van der Waals surface area contributed by atoms with E-state index < -0.39 is 10.0 Å². The molecule has 0 heterocycles. The number of nitriles is 1. The molecule has 7 heteroatoms. The molecule has 0 saturated carbocycles. The number of sulfonamides is 1. The van der Waals surface area contributed by atoms with Crippen molar-refractivity contribution in [1.29, 1.82) is 5.26 Å². The average Bonchev–Trinajstić information content (AvgIpc) is 2.73. The van der Waals surface area contributed by atoms with Crippen molar-refractivity contribution >= 4 is 21.5 Å². The zero-order valence-corrected chi connectivity index (χ0v) is 15.7. The molecule has 0 saturated heterocycles. The van der Waals surface area contributed by atoms with Gasteiger partial charge in [-0.2, -0.15) is 5.26 Å². The fourth-order valence-corrected chi connectivity index (χ4v) is 3.90. The van der Waals surface area contributed by atoms with Gasteiger partial charge >= 0.3 is 0 Å². The monoisotopic (exact) mass is 392 g/mol. The lowest BCUT2D eigenvalue weighted by atomic mass is 10.0. The van der Waals surface area contributed by atoms with E-state index in [2.05, 4.69) is 4.72 Å². The Morgan fingerprint density at radius 1 is 0.964 bits per heavy atom. The van der Waals surface area contributed by atoms with Crippen LogP contribution in [-0.4, -0.2) is 21.3 Å². The number of carbonyl (C=O) groups excluding carboxylic acids is 1. The van der Waals surface area contributed by atoms with Gasteiger partial charge in [0.15, 0.2) is 5.78 Å². The minimum atomic E-state index is -4.06. The lowest BCUT2D eigenvalue weighted by Gasteiger charge is -2.14. The summed E-state index contributed by atoms with van der Waals surface area (Å²) in [6, 6.07) is 20.9. The van der Waals surface area contributed by atoms with Crippen LogP contribution < -0.4 is 9.46 Å². The third kappa shape index (κ3) is 3.87. The smallest absolute Gasteiger partial charge is 0.263 e. The molecule has 0 bridgehead atoms. The highest BCUT2D eigenvalue weighted by Crippen LogP contribution is 2.29. The van der Waals surface area contributed by atoms with Crippen LogP contribution in [0.1, 0.15) is 21.5 Å². The van der Waals surface area contributed by atoms with Gasteiger partial charge in [-0.25, -0.2) is 8.42 Å². The quantitative estimate of drug-likeness (QED) is 0.647. The van der Waals surface area contributed by atoms with Crippen LogP contribution in [0.2, 0.25) is 0 Å². The minimum absolute atomic E-state index is 0.0190. The summed E-state index contributed by atoms with van der Waals surface area (Å²) in [6.07, 6.45) is 0. The molecule has 0 aliphatic rings. The summed E-state index contributed by atoms with van der Waals surface area (Å²) < 4.78 is 33.2. The first-order chi connectivity index (χ1) is 13.5. The SMILES string of the molecule is COc1ccc(C(=O)c2ccccc2)cc1NS(=O)(=O)c1ccccc1C#N. The summed E-state index contributed by atoms with van der Waals surface area (Å²) in [4.78, 5) is 12.5. The molecule has 0 aliphatic heterocycles. The van der Waals surface area contributed by atoms with Crippen LogP contribution in [0.25, 0.3) is 0 Å². The first-order valence-corrected chi connectivity index (χ1v) is 9.74. The second-order valence-electron chi connectivity index (χ2n) is 5.82. The molecule has 0 atom stereocenters. The average molecular weight is 392 g/mol. The molecule has 0 spiro atoms. The van der Waals surface area contributed by atoms with Gasteiger partial charge in [0.2, 0.25) is 0 Å². The van der Waals surface area contributed by atoms with Gasteiger partial charge in [-0.1, -0.05) is 42.5 Å². The maximum absolute atomic E-state index is 12.8. The zero-order chi connectivity index (χ0) is 20.1. The first kappa shape index (κ1) is 19.1. The Morgan fingerprint density at radius 2 is 1.64 bits per heavy atom. The lowest BCUT2D eigenvalue weighted by molar-refractivity contribution is 0.103. The number of carbonyl (C=O) groups is 1. The summed E-state index contributed by atoms with van der Waals surface area (Å²) in [5, 5.41) is 9.18. The Hall–Kier alpha value is -3.63. The number of ketones is 1. The largest absolute Gasteiger partial charge is 0.495 e. The van der Waals surface area contributed by atoms with E-state index in [1.807, 2.05) is 6.07 Å². The number of anilines is 1. The van der Waals surface area contributed by atoms with Gasteiger partial charge in [-0.15, -0.1) is 0 Å². The predicted molar refractivity (Wildman–Crippen MR) is 105 cm³/mol. The van der Waals surface area contributed by atoms with Crippen LogP contribution in [0.15, 0.2) is 77.7 Å². The van der Waals surface area contributed by atoms with Crippen molar-refractivity contribution in [3.05, 3.63) is 89.5 Å². The summed E-state index contributed by atoms with van der Waals surface area (Å²) >= 11 is 0. The number of benzene rings is 3. The molecule has 0 amide bonds. The number of ether oxygens (including phenoxy) is 1. The number of rotatable bonds is 6. The summed E-state index contributed by atoms with van der Waals surface area (Å²) in [6.45, 7) is 0. The molecule has 3 aromatic carbocycles. The molecule has 0 radical (unpaired) electrons. The Bertz CT molecular complexity index is 1170. The fourth-order valence-electron chi connectivity index (χ4n) is 2.68. The van der Waals surface area contributed by atoms with Crippen LogP contribution in [0, 0.1) is 11.3 Å². The normalized spacial score (nSPS) is 10.7. The molecular formula is C21H16N2O4S. The number of nitrogens with one attached hydrogen (secondary N) is 1. The number of hydrogen-bond donors (Lipinski definition) is 1. The minimum Gasteiger partial charge on any atom is -0.495 e. The van der Waals surface area contributed by atoms with Crippen LogP contribution in [0.3, 0.4) is 0 Å². The highest BCUT2D eigenvalue weighted by molar-refractivity contribution is 7.92. The van der Waals surface area contributed by atoms with Gasteiger partial charge in [0.05, 0.1) is 18.4 Å². The molecule has 1 N–H and O–H groups in total. The van der Waals surface area contributed by atoms with Crippen molar-refractivity contribution in [3.8, 4) is 11.8 Å². The number of hydrogen-bond acceptors (Lipinski definition) is 5. The molecule has 28 heavy (non-hydrogen) atoms. The third-order valence-electron chi connectivity index (χ3n) is 4.04. The summed E-state index contributed by atoms with van der Waals surface area (Å²) in [5.74, 6) is 0.00347. The zero-order valence-electron chi connectivity index (χ0n) is 14.9. The summed E-state index contributed by atoms with van der Waals surface area (Å²) in [7, 11) is -2.66. The van der Waals surface area contributed by atoms with Crippen molar-refractivity contribution in [1.82, 2.24) is 0 Å². The topological polar surface area (TPSA) is 96.3 Å². The first-order valence-electron chi connectivity index (χ1n) is 8.26. The molecule has 3 aromatic rings. The van der Waals surface area contributed by atoms with E-state index >= 15 is 0 Å². The van der Waals surface area contributed by atoms with E-state index in [-0.39, 0.29) is 27.7 Å². The van der Waals surface area contributed by atoms with E-state index in [9.17, 15) is 18.5 Å². The fraction of sp³-hybridized carbons (Fsp3) is 0.0476. The van der Waals surface area contributed by atoms with E-state index in [0.29, 0.717) is 11.1 Å². The van der Waals surface area contributed by atoms with Gasteiger partial charge in [-0.05, 0) is 30.3 Å². The third-order valence-corrected chi connectivity index (χ3v) is 5.46. The van der Waals surface area contributed by atoms with Crippen LogP contribution >= 0.6 is 0 Å².